The SMILES string of the molecule is O=P(O)(O)OC[C@@H](Cl)C(Cl)(C[C@H](Br)CBr)C[C@H](Br)CBr. The summed E-state index contributed by atoms with van der Waals surface area (Å²) in [6.45, 7) is -0.320. The van der Waals surface area contributed by atoms with Gasteiger partial charge in [-0.2, -0.15) is 0 Å². The predicted octanol–water partition coefficient (Wildman–Crippen LogP) is 4.78. The lowest BCUT2D eigenvalue weighted by molar-refractivity contribution is 0.187. The predicted molar refractivity (Wildman–Crippen MR) is 98.5 cm³/mol. The highest BCUT2D eigenvalue weighted by atomic mass is 79.9. The van der Waals surface area contributed by atoms with Crippen molar-refractivity contribution < 1.29 is 18.9 Å². The molecule has 0 amide bonds. The number of rotatable bonds is 10. The Morgan fingerprint density at radius 3 is 1.85 bits per heavy atom. The van der Waals surface area contributed by atoms with Gasteiger partial charge in [0, 0.05) is 20.3 Å². The van der Waals surface area contributed by atoms with E-state index in [0.717, 1.165) is 0 Å². The van der Waals surface area contributed by atoms with Crippen molar-refractivity contribution in [2.75, 3.05) is 17.3 Å². The molecule has 20 heavy (non-hydrogen) atoms. The molecule has 0 aliphatic carbocycles. The second-order valence-electron chi connectivity index (χ2n) is 4.20. The van der Waals surface area contributed by atoms with E-state index in [4.69, 9.17) is 33.0 Å². The molecule has 0 aromatic rings. The van der Waals surface area contributed by atoms with Crippen LogP contribution in [-0.4, -0.2) is 47.0 Å². The number of phosphoric ester groups is 1. The Morgan fingerprint density at radius 2 is 1.55 bits per heavy atom. The van der Waals surface area contributed by atoms with Gasteiger partial charge in [0.15, 0.2) is 0 Å². The molecule has 0 aliphatic rings. The quantitative estimate of drug-likeness (QED) is 0.277. The van der Waals surface area contributed by atoms with Crippen LogP contribution in [0.2, 0.25) is 0 Å². The van der Waals surface area contributed by atoms with Gasteiger partial charge < -0.3 is 9.79 Å². The van der Waals surface area contributed by atoms with Crippen molar-refractivity contribution in [3.63, 3.8) is 0 Å². The van der Waals surface area contributed by atoms with Crippen LogP contribution < -0.4 is 0 Å². The van der Waals surface area contributed by atoms with Crippen LogP contribution in [0.5, 0.6) is 0 Å². The third-order valence-electron chi connectivity index (χ3n) is 2.41. The standard InChI is InChI=1S/C9H15Br4Cl2O4P/c10-3-6(12)1-9(15,2-7(13)4-11)8(14)5-19-20(16,17)18/h6-8H,1-5H2,(H2,16,17,18)/t6-,7-,8+/m0/s1. The largest absolute Gasteiger partial charge is 0.469 e. The van der Waals surface area contributed by atoms with E-state index in [0.29, 0.717) is 23.5 Å². The van der Waals surface area contributed by atoms with Crippen LogP contribution in [0.15, 0.2) is 0 Å². The molecule has 0 bridgehead atoms. The highest BCUT2D eigenvalue weighted by Gasteiger charge is 2.40. The average Bonchev–Trinajstić information content (AvgIpc) is 2.34. The van der Waals surface area contributed by atoms with E-state index in [-0.39, 0.29) is 16.3 Å². The van der Waals surface area contributed by atoms with Gasteiger partial charge in [-0.1, -0.05) is 63.7 Å². The number of alkyl halides is 6. The van der Waals surface area contributed by atoms with Crippen LogP contribution >= 0.6 is 94.7 Å². The molecule has 0 heterocycles. The van der Waals surface area contributed by atoms with Gasteiger partial charge in [0.25, 0.3) is 0 Å². The fourth-order valence-electron chi connectivity index (χ4n) is 1.50. The van der Waals surface area contributed by atoms with Crippen molar-refractivity contribution in [1.29, 1.82) is 0 Å². The Balaban J connectivity index is 4.84. The Kier molecular flexibility index (Phi) is 11.8. The topological polar surface area (TPSA) is 66.8 Å². The van der Waals surface area contributed by atoms with E-state index in [9.17, 15) is 4.57 Å². The molecule has 0 saturated heterocycles. The van der Waals surface area contributed by atoms with E-state index < -0.39 is 18.1 Å². The number of hydrogen-bond acceptors (Lipinski definition) is 2. The molecular weight excluding hydrogens is 594 g/mol. The van der Waals surface area contributed by atoms with Crippen molar-refractivity contribution in [3.05, 3.63) is 0 Å². The van der Waals surface area contributed by atoms with Crippen LogP contribution in [0.3, 0.4) is 0 Å². The summed E-state index contributed by atoms with van der Waals surface area (Å²) in [5.41, 5.74) is 0. The molecular formula is C9H15Br4Cl2O4P. The first-order valence-electron chi connectivity index (χ1n) is 5.47. The highest BCUT2D eigenvalue weighted by Crippen LogP contribution is 2.42. The van der Waals surface area contributed by atoms with Crippen LogP contribution in [-0.2, 0) is 9.09 Å². The normalized spacial score (nSPS) is 17.8. The monoisotopic (exact) mass is 604 g/mol. The van der Waals surface area contributed by atoms with Gasteiger partial charge in [0.2, 0.25) is 0 Å². The molecule has 0 unspecified atom stereocenters. The molecule has 0 spiro atoms. The van der Waals surface area contributed by atoms with Crippen LogP contribution in [0.4, 0.5) is 0 Å². The zero-order valence-electron chi connectivity index (χ0n) is 10.2. The van der Waals surface area contributed by atoms with Gasteiger partial charge in [-0.3, -0.25) is 4.52 Å². The van der Waals surface area contributed by atoms with Crippen LogP contribution in [0, 0.1) is 0 Å². The molecule has 0 saturated carbocycles. The summed E-state index contributed by atoms with van der Waals surface area (Å²) >= 11 is 26.5. The van der Waals surface area contributed by atoms with Crippen molar-refractivity contribution in [2.24, 2.45) is 0 Å². The Bertz CT molecular complexity index is 321. The van der Waals surface area contributed by atoms with Crippen LogP contribution in [0.25, 0.3) is 0 Å². The third-order valence-corrected chi connectivity index (χ3v) is 8.72. The van der Waals surface area contributed by atoms with Gasteiger partial charge >= 0.3 is 7.82 Å². The summed E-state index contributed by atoms with van der Waals surface area (Å²) in [5, 5.41) is 0.632. The van der Waals surface area contributed by atoms with Gasteiger partial charge in [-0.05, 0) is 12.8 Å². The summed E-state index contributed by atoms with van der Waals surface area (Å²) in [6, 6.07) is 0. The first-order chi connectivity index (χ1) is 9.04. The molecule has 11 heteroatoms. The fourth-order valence-corrected chi connectivity index (χ4v) is 4.59. The van der Waals surface area contributed by atoms with Crippen LogP contribution in [0.1, 0.15) is 12.8 Å². The molecule has 0 aromatic carbocycles. The minimum Gasteiger partial charge on any atom is -0.303 e. The van der Waals surface area contributed by atoms with Crippen molar-refractivity contribution in [1.82, 2.24) is 0 Å². The Morgan fingerprint density at radius 1 is 1.15 bits per heavy atom. The maximum absolute atomic E-state index is 10.8. The molecule has 3 atom stereocenters. The molecule has 0 fully saturated rings. The second kappa shape index (κ2) is 10.5. The maximum atomic E-state index is 10.8. The van der Waals surface area contributed by atoms with Crippen molar-refractivity contribution in [3.8, 4) is 0 Å². The molecule has 0 radical (unpaired) electrons. The van der Waals surface area contributed by atoms with Crippen molar-refractivity contribution in [2.45, 2.75) is 32.7 Å². The smallest absolute Gasteiger partial charge is 0.303 e. The van der Waals surface area contributed by atoms with Gasteiger partial charge in [-0.25, -0.2) is 4.57 Å². The van der Waals surface area contributed by atoms with Gasteiger partial charge in [0.1, 0.15) is 0 Å². The van der Waals surface area contributed by atoms with E-state index in [1.807, 2.05) is 0 Å². The summed E-state index contributed by atoms with van der Waals surface area (Å²) in [6.07, 6.45) is 1.04. The third kappa shape index (κ3) is 9.68. The lowest BCUT2D eigenvalue weighted by Crippen LogP contribution is -2.41. The van der Waals surface area contributed by atoms with E-state index in [1.54, 1.807) is 0 Å². The average molecular weight is 609 g/mol. The molecule has 122 valence electrons. The lowest BCUT2D eigenvalue weighted by atomic mass is 9.93. The fraction of sp³-hybridized carbons (Fsp3) is 1.00. The van der Waals surface area contributed by atoms with Gasteiger partial charge in [-0.15, -0.1) is 23.2 Å². The van der Waals surface area contributed by atoms with E-state index in [1.165, 1.54) is 0 Å². The summed E-state index contributed by atoms with van der Waals surface area (Å²) in [5.74, 6) is 0. The summed E-state index contributed by atoms with van der Waals surface area (Å²) in [7, 11) is -4.56. The molecule has 0 aromatic heterocycles. The Labute approximate surface area is 162 Å². The van der Waals surface area contributed by atoms with E-state index >= 15 is 0 Å². The zero-order valence-corrected chi connectivity index (χ0v) is 18.9. The highest BCUT2D eigenvalue weighted by molar-refractivity contribution is 9.12. The minimum absolute atomic E-state index is 0.0892. The first kappa shape index (κ1) is 22.6. The second-order valence-corrected chi connectivity index (χ2v) is 10.6. The molecule has 0 aliphatic heterocycles. The first-order valence-corrected chi connectivity index (χ1v) is 11.9. The number of hydrogen-bond donors (Lipinski definition) is 2. The molecule has 0 rings (SSSR count). The summed E-state index contributed by atoms with van der Waals surface area (Å²) in [4.78, 5) is 16.8. The van der Waals surface area contributed by atoms with E-state index in [2.05, 4.69) is 68.2 Å². The molecule has 4 nitrogen and oxygen atoms in total. The Hall–Kier alpha value is 2.61. The molecule has 2 N–H and O–H groups in total. The number of phosphoric acid groups is 1. The summed E-state index contributed by atoms with van der Waals surface area (Å²) < 4.78 is 15.2. The van der Waals surface area contributed by atoms with Crippen molar-refractivity contribution >= 4 is 94.7 Å². The minimum atomic E-state index is -4.56. The maximum Gasteiger partial charge on any atom is 0.469 e. The van der Waals surface area contributed by atoms with Gasteiger partial charge in [0.05, 0.1) is 16.9 Å². The number of halogens is 6. The zero-order chi connectivity index (χ0) is 16.0. The lowest BCUT2D eigenvalue weighted by Gasteiger charge is -2.34.